The normalized spacial score (nSPS) is 16.4. The Kier molecular flexibility index (Phi) is 10.6. The summed E-state index contributed by atoms with van der Waals surface area (Å²) in [7, 11) is -1.53. The summed E-state index contributed by atoms with van der Waals surface area (Å²) in [6, 6.07) is 25.2. The molecule has 0 radical (unpaired) electrons. The molecule has 0 aliphatic carbocycles. The van der Waals surface area contributed by atoms with E-state index in [4.69, 9.17) is 4.74 Å². The molecule has 3 aromatic carbocycles. The predicted molar refractivity (Wildman–Crippen MR) is 162 cm³/mol. The minimum Gasteiger partial charge on any atom is -1.00 e. The topological polar surface area (TPSA) is 12.2 Å². The summed E-state index contributed by atoms with van der Waals surface area (Å²) in [6.07, 6.45) is 10.5. The minimum absolute atomic E-state index is 0. The summed E-state index contributed by atoms with van der Waals surface area (Å²) in [5, 5.41) is 0. The summed E-state index contributed by atoms with van der Waals surface area (Å²) in [6.45, 7) is 4.55. The molecule has 3 aromatic rings. The molecule has 0 spiro atoms. The smallest absolute Gasteiger partial charge is 0.762 e. The van der Waals surface area contributed by atoms with Crippen molar-refractivity contribution in [1.82, 2.24) is 0 Å². The molecule has 0 atom stereocenters. The third-order valence-electron chi connectivity index (χ3n) is 6.57. The molecule has 0 saturated heterocycles. The molecule has 2 heterocycles. The molecule has 2 aliphatic heterocycles. The third-order valence-corrected chi connectivity index (χ3v) is 7.63. The largest absolute Gasteiger partial charge is 1.00 e. The molecule has 0 N–H and O–H groups in total. The van der Waals surface area contributed by atoms with Gasteiger partial charge in [0.25, 0.3) is 0 Å². The lowest BCUT2D eigenvalue weighted by molar-refractivity contribution is -0.401. The molecular formula is C31H26BBr2F4NO. The van der Waals surface area contributed by atoms with Crippen molar-refractivity contribution in [2.24, 2.45) is 0 Å². The van der Waals surface area contributed by atoms with Crippen LogP contribution in [0.15, 0.2) is 118 Å². The summed E-state index contributed by atoms with van der Waals surface area (Å²) in [5.74, 6) is 1.63. The van der Waals surface area contributed by atoms with E-state index in [1.807, 2.05) is 18.2 Å². The fraction of sp³-hybridized carbons (Fsp3) is 0.129. The molecule has 0 bridgehead atoms. The van der Waals surface area contributed by atoms with E-state index in [1.54, 1.807) is 0 Å². The quantitative estimate of drug-likeness (QED) is 0.171. The number of rotatable bonds is 4. The van der Waals surface area contributed by atoms with Crippen LogP contribution in [0.3, 0.4) is 0 Å². The summed E-state index contributed by atoms with van der Waals surface area (Å²) in [5.41, 5.74) is 7.09. The number of allylic oxidation sites excluding steroid dienone is 6. The van der Waals surface area contributed by atoms with E-state index in [-0.39, 0.29) is 10.1 Å². The molecule has 0 unspecified atom stereocenters. The lowest BCUT2D eigenvalue weighted by Crippen LogP contribution is -3.00. The van der Waals surface area contributed by atoms with Crippen LogP contribution in [-0.2, 0) is 10.2 Å². The van der Waals surface area contributed by atoms with Gasteiger partial charge in [0.15, 0.2) is 5.71 Å². The number of fused-ring (bicyclic) bond motifs is 1. The van der Waals surface area contributed by atoms with Crippen LogP contribution in [0.25, 0.3) is 11.3 Å². The summed E-state index contributed by atoms with van der Waals surface area (Å²) < 4.78 is 39.7. The number of hydrogen-bond donors (Lipinski definition) is 0. The number of benzene rings is 3. The Morgan fingerprint density at radius 2 is 1.38 bits per heavy atom. The van der Waals surface area contributed by atoms with E-state index in [0.29, 0.717) is 0 Å². The molecule has 206 valence electrons. The molecule has 2 aliphatic rings. The van der Waals surface area contributed by atoms with Crippen molar-refractivity contribution in [1.29, 1.82) is 0 Å². The highest BCUT2D eigenvalue weighted by molar-refractivity contribution is 9.10. The standard InChI is InChI=1S/C31H26Br2NO.BF3.FH/c1-31(2)27-8-4-5-9-28(27)34(3)30(31)10-6-7-26-19-23(21-11-15-24(32)16-12-21)20-29(35-26)22-13-17-25(33)18-14-22;2-1(3)4;/h4-20H,1-3H3;;1H/q+1;;/p-1. The molecule has 0 saturated carbocycles. The fourth-order valence-electron chi connectivity index (χ4n) is 4.71. The number of hydrogen-bond acceptors (Lipinski definition) is 1. The van der Waals surface area contributed by atoms with Gasteiger partial charge >= 0.3 is 7.54 Å². The SMILES string of the molecule is C[N+]1=C(C=CC=C2C=C(c3ccc(Br)cc3)C=C(c3ccc(Br)cc3)O2)C(C)(C)c2ccccc21.FB(F)F.[F-]. The van der Waals surface area contributed by atoms with Gasteiger partial charge in [0, 0.05) is 32.2 Å². The molecular weight excluding hydrogens is 649 g/mol. The third kappa shape index (κ3) is 7.32. The maximum absolute atomic E-state index is 9.67. The van der Waals surface area contributed by atoms with Gasteiger partial charge in [0.1, 0.15) is 18.6 Å². The van der Waals surface area contributed by atoms with Crippen molar-refractivity contribution in [3.05, 3.63) is 135 Å². The van der Waals surface area contributed by atoms with E-state index in [0.717, 1.165) is 37.2 Å². The van der Waals surface area contributed by atoms with E-state index in [9.17, 15) is 12.9 Å². The highest BCUT2D eigenvalue weighted by Gasteiger charge is 2.42. The first-order valence-corrected chi connectivity index (χ1v) is 13.8. The van der Waals surface area contributed by atoms with E-state index < -0.39 is 7.54 Å². The van der Waals surface area contributed by atoms with Crippen LogP contribution in [0.4, 0.5) is 18.6 Å². The van der Waals surface area contributed by atoms with E-state index in [1.165, 1.54) is 17.0 Å². The van der Waals surface area contributed by atoms with Crippen LogP contribution in [0.2, 0.25) is 0 Å². The Balaban J connectivity index is 0.000000828. The van der Waals surface area contributed by atoms with E-state index >= 15 is 0 Å². The van der Waals surface area contributed by atoms with Gasteiger partial charge in [-0.3, -0.25) is 12.9 Å². The monoisotopic (exact) mass is 673 g/mol. The van der Waals surface area contributed by atoms with Crippen molar-refractivity contribution in [2.75, 3.05) is 7.05 Å². The zero-order valence-electron chi connectivity index (χ0n) is 22.0. The molecule has 40 heavy (non-hydrogen) atoms. The first-order chi connectivity index (χ1) is 18.6. The van der Waals surface area contributed by atoms with Gasteiger partial charge in [0.05, 0.1) is 5.41 Å². The molecule has 0 fully saturated rings. The van der Waals surface area contributed by atoms with Gasteiger partial charge < -0.3 is 9.44 Å². The van der Waals surface area contributed by atoms with E-state index in [2.05, 4.69) is 142 Å². The van der Waals surface area contributed by atoms with Gasteiger partial charge in [-0.25, -0.2) is 0 Å². The van der Waals surface area contributed by atoms with Crippen LogP contribution in [0.5, 0.6) is 0 Å². The van der Waals surface area contributed by atoms with Crippen molar-refractivity contribution in [3.8, 4) is 0 Å². The molecule has 0 aromatic heterocycles. The predicted octanol–water partition coefficient (Wildman–Crippen LogP) is 6.70. The second kappa shape index (κ2) is 13.5. The fourth-order valence-corrected chi connectivity index (χ4v) is 5.23. The summed E-state index contributed by atoms with van der Waals surface area (Å²) in [4.78, 5) is 0. The maximum atomic E-state index is 9.67. The van der Waals surface area contributed by atoms with Crippen LogP contribution in [-0.4, -0.2) is 24.9 Å². The van der Waals surface area contributed by atoms with Gasteiger partial charge in [0.2, 0.25) is 5.69 Å². The molecule has 5 rings (SSSR count). The maximum Gasteiger partial charge on any atom is 0.762 e. The van der Waals surface area contributed by atoms with Crippen LogP contribution < -0.4 is 4.70 Å². The second-order valence-electron chi connectivity index (χ2n) is 9.49. The van der Waals surface area contributed by atoms with Gasteiger partial charge in [-0.05, 0) is 67.5 Å². The zero-order valence-corrected chi connectivity index (χ0v) is 25.2. The van der Waals surface area contributed by atoms with Crippen molar-refractivity contribution < 1.29 is 27.0 Å². The Labute approximate surface area is 249 Å². The van der Waals surface area contributed by atoms with Crippen molar-refractivity contribution in [3.63, 3.8) is 0 Å². The lowest BCUT2D eigenvalue weighted by atomic mass is 9.81. The zero-order chi connectivity index (χ0) is 28.2. The average molecular weight is 675 g/mol. The molecule has 9 heteroatoms. The van der Waals surface area contributed by atoms with Crippen molar-refractivity contribution >= 4 is 62.1 Å². The number of nitrogens with zero attached hydrogens (tertiary/aromatic N) is 1. The average Bonchev–Trinajstić information content (AvgIpc) is 3.09. The molecule has 2 nitrogen and oxygen atoms in total. The van der Waals surface area contributed by atoms with Gasteiger partial charge in [-0.2, -0.15) is 4.58 Å². The highest BCUT2D eigenvalue weighted by atomic mass is 79.9. The van der Waals surface area contributed by atoms with Crippen LogP contribution in [0, 0.1) is 0 Å². The summed E-state index contributed by atoms with van der Waals surface area (Å²) >= 11 is 7.06. The number of para-hydroxylation sites is 1. The Hall–Kier alpha value is -3.17. The van der Waals surface area contributed by atoms with Crippen molar-refractivity contribution in [2.45, 2.75) is 19.3 Å². The van der Waals surface area contributed by atoms with Gasteiger partial charge in [-0.1, -0.05) is 80.4 Å². The first-order valence-electron chi connectivity index (χ1n) is 12.2. The Morgan fingerprint density at radius 1 is 0.825 bits per heavy atom. The second-order valence-corrected chi connectivity index (χ2v) is 11.3. The minimum atomic E-state index is -3.67. The Morgan fingerprint density at radius 3 is 1.95 bits per heavy atom. The lowest BCUT2D eigenvalue weighted by Gasteiger charge is -2.18. The first kappa shape index (κ1) is 31.4. The molecule has 0 amide bonds. The Bertz CT molecular complexity index is 1510. The van der Waals surface area contributed by atoms with Crippen LogP contribution >= 0.6 is 31.9 Å². The van der Waals surface area contributed by atoms with Gasteiger partial charge in [-0.15, -0.1) is 0 Å². The number of halogens is 6. The van der Waals surface area contributed by atoms with Crippen LogP contribution in [0.1, 0.15) is 30.5 Å². The number of ether oxygens (including phenoxy) is 1. The highest BCUT2D eigenvalue weighted by Crippen LogP contribution is 2.39.